The van der Waals surface area contributed by atoms with Gasteiger partial charge >= 0.3 is 0 Å². The first-order valence-corrected chi connectivity index (χ1v) is 3.76. The van der Waals surface area contributed by atoms with Crippen molar-refractivity contribution in [3.8, 4) is 6.07 Å². The summed E-state index contributed by atoms with van der Waals surface area (Å²) in [6, 6.07) is 6.75. The molecule has 2 heteroatoms. The molecular weight excluding hydrogens is 153 g/mol. The van der Waals surface area contributed by atoms with E-state index in [0.29, 0.717) is 5.56 Å². The van der Waals surface area contributed by atoms with Crippen molar-refractivity contribution in [2.75, 3.05) is 0 Å². The summed E-state index contributed by atoms with van der Waals surface area (Å²) < 4.78 is 12.8. The molecule has 0 aliphatic rings. The van der Waals surface area contributed by atoms with Gasteiger partial charge in [0.2, 0.25) is 6.17 Å². The fourth-order valence-electron chi connectivity index (χ4n) is 0.997. The molecule has 1 aromatic rings. The first-order chi connectivity index (χ1) is 5.65. The van der Waals surface area contributed by atoms with Gasteiger partial charge in [0.1, 0.15) is 6.07 Å². The summed E-state index contributed by atoms with van der Waals surface area (Å²) in [5.41, 5.74) is 2.58. The molecule has 0 bridgehead atoms. The Kier molecular flexibility index (Phi) is 2.44. The molecular formula is C10H10FN. The zero-order valence-corrected chi connectivity index (χ0v) is 7.13. The van der Waals surface area contributed by atoms with E-state index in [4.69, 9.17) is 5.26 Å². The number of benzene rings is 1. The number of hydrogen-bond donors (Lipinski definition) is 0. The minimum absolute atomic E-state index is 0.445. The molecule has 0 fully saturated rings. The third-order valence-electron chi connectivity index (χ3n) is 1.94. The van der Waals surface area contributed by atoms with Crippen molar-refractivity contribution >= 4 is 0 Å². The first-order valence-electron chi connectivity index (χ1n) is 3.76. The SMILES string of the molecule is Cc1ccc(C(F)C#N)cc1C. The van der Waals surface area contributed by atoms with Gasteiger partial charge in [-0.2, -0.15) is 5.26 Å². The van der Waals surface area contributed by atoms with E-state index in [2.05, 4.69) is 0 Å². The molecule has 1 rings (SSSR count). The Balaban J connectivity index is 3.06. The van der Waals surface area contributed by atoms with E-state index in [1.165, 1.54) is 0 Å². The number of aryl methyl sites for hydroxylation is 2. The number of nitrogens with zero attached hydrogens (tertiary/aromatic N) is 1. The van der Waals surface area contributed by atoms with E-state index >= 15 is 0 Å². The molecule has 1 unspecified atom stereocenters. The van der Waals surface area contributed by atoms with Gasteiger partial charge < -0.3 is 0 Å². The van der Waals surface area contributed by atoms with Crippen molar-refractivity contribution < 1.29 is 4.39 Å². The molecule has 0 saturated heterocycles. The Labute approximate surface area is 71.4 Å². The van der Waals surface area contributed by atoms with Gasteiger partial charge in [0.15, 0.2) is 0 Å². The lowest BCUT2D eigenvalue weighted by molar-refractivity contribution is 0.423. The second-order valence-corrected chi connectivity index (χ2v) is 2.84. The van der Waals surface area contributed by atoms with Gasteiger partial charge in [0.05, 0.1) is 0 Å². The van der Waals surface area contributed by atoms with Gasteiger partial charge in [-0.05, 0) is 25.0 Å². The largest absolute Gasteiger partial charge is 0.226 e. The molecule has 1 aromatic carbocycles. The molecule has 1 atom stereocenters. The predicted molar refractivity (Wildman–Crippen MR) is 45.4 cm³/mol. The highest BCUT2D eigenvalue weighted by atomic mass is 19.1. The van der Waals surface area contributed by atoms with E-state index in [1.54, 1.807) is 18.2 Å². The van der Waals surface area contributed by atoms with Crippen molar-refractivity contribution in [3.63, 3.8) is 0 Å². The van der Waals surface area contributed by atoms with Crippen LogP contribution in [-0.2, 0) is 0 Å². The van der Waals surface area contributed by atoms with Gasteiger partial charge in [0.25, 0.3) is 0 Å². The van der Waals surface area contributed by atoms with Gasteiger partial charge in [-0.1, -0.05) is 18.2 Å². The molecule has 0 radical (unpaired) electrons. The summed E-state index contributed by atoms with van der Waals surface area (Å²) in [6.07, 6.45) is -1.50. The zero-order valence-electron chi connectivity index (χ0n) is 7.13. The Morgan fingerprint density at radius 2 is 2.00 bits per heavy atom. The summed E-state index contributed by atoms with van der Waals surface area (Å²) in [7, 11) is 0. The highest BCUT2D eigenvalue weighted by molar-refractivity contribution is 5.32. The fourth-order valence-corrected chi connectivity index (χ4v) is 0.997. The summed E-state index contributed by atoms with van der Waals surface area (Å²) in [5, 5.41) is 8.32. The zero-order chi connectivity index (χ0) is 9.14. The quantitative estimate of drug-likeness (QED) is 0.624. The van der Waals surface area contributed by atoms with Crippen LogP contribution in [0.5, 0.6) is 0 Å². The van der Waals surface area contributed by atoms with Crippen molar-refractivity contribution in [1.29, 1.82) is 5.26 Å². The predicted octanol–water partition coefficient (Wildman–Crippen LogP) is 2.84. The van der Waals surface area contributed by atoms with Crippen LogP contribution in [-0.4, -0.2) is 0 Å². The number of hydrogen-bond acceptors (Lipinski definition) is 1. The van der Waals surface area contributed by atoms with Crippen molar-refractivity contribution in [3.05, 3.63) is 34.9 Å². The average Bonchev–Trinajstić information content (AvgIpc) is 2.08. The van der Waals surface area contributed by atoms with Crippen LogP contribution in [0, 0.1) is 25.2 Å². The first kappa shape index (κ1) is 8.73. The molecule has 12 heavy (non-hydrogen) atoms. The number of halogens is 1. The van der Waals surface area contributed by atoms with Crippen LogP contribution in [0.2, 0.25) is 0 Å². The van der Waals surface area contributed by atoms with E-state index in [0.717, 1.165) is 11.1 Å². The number of nitriles is 1. The molecule has 0 spiro atoms. The van der Waals surface area contributed by atoms with Crippen LogP contribution < -0.4 is 0 Å². The molecule has 0 saturated carbocycles. The van der Waals surface area contributed by atoms with Crippen LogP contribution in [0.4, 0.5) is 4.39 Å². The van der Waals surface area contributed by atoms with Crippen LogP contribution in [0.1, 0.15) is 22.9 Å². The Hall–Kier alpha value is -1.36. The number of rotatable bonds is 1. The van der Waals surface area contributed by atoms with E-state index in [1.807, 2.05) is 19.9 Å². The average molecular weight is 163 g/mol. The second-order valence-electron chi connectivity index (χ2n) is 2.84. The van der Waals surface area contributed by atoms with Crippen LogP contribution in [0.15, 0.2) is 18.2 Å². The van der Waals surface area contributed by atoms with E-state index in [-0.39, 0.29) is 0 Å². The molecule has 1 nitrogen and oxygen atoms in total. The molecule has 62 valence electrons. The topological polar surface area (TPSA) is 23.8 Å². The normalized spacial score (nSPS) is 12.2. The van der Waals surface area contributed by atoms with E-state index in [9.17, 15) is 4.39 Å². The highest BCUT2D eigenvalue weighted by Gasteiger charge is 2.07. The maximum absolute atomic E-state index is 12.8. The maximum atomic E-state index is 12.8. The van der Waals surface area contributed by atoms with Crippen LogP contribution in [0.25, 0.3) is 0 Å². The lowest BCUT2D eigenvalue weighted by atomic mass is 10.0. The summed E-state index contributed by atoms with van der Waals surface area (Å²) in [6.45, 7) is 3.86. The molecule has 0 aliphatic carbocycles. The molecule has 0 N–H and O–H groups in total. The summed E-state index contributed by atoms with van der Waals surface area (Å²) in [5.74, 6) is 0. The van der Waals surface area contributed by atoms with Gasteiger partial charge in [-0.25, -0.2) is 4.39 Å². The molecule has 0 heterocycles. The van der Waals surface area contributed by atoms with Crippen molar-refractivity contribution in [2.45, 2.75) is 20.0 Å². The fraction of sp³-hybridized carbons (Fsp3) is 0.300. The van der Waals surface area contributed by atoms with Gasteiger partial charge in [-0.15, -0.1) is 0 Å². The highest BCUT2D eigenvalue weighted by Crippen LogP contribution is 2.19. The van der Waals surface area contributed by atoms with Crippen LogP contribution >= 0.6 is 0 Å². The molecule has 0 aliphatic heterocycles. The standard InChI is InChI=1S/C10H10FN/c1-7-3-4-9(5-8(7)2)10(11)6-12/h3-5,10H,1-2H3. The number of alkyl halides is 1. The van der Waals surface area contributed by atoms with Crippen molar-refractivity contribution in [1.82, 2.24) is 0 Å². The summed E-state index contributed by atoms with van der Waals surface area (Å²) in [4.78, 5) is 0. The maximum Gasteiger partial charge on any atom is 0.211 e. The third kappa shape index (κ3) is 1.62. The monoisotopic (exact) mass is 163 g/mol. The van der Waals surface area contributed by atoms with Gasteiger partial charge in [-0.3, -0.25) is 0 Å². The second kappa shape index (κ2) is 3.36. The lowest BCUT2D eigenvalue weighted by Crippen LogP contribution is -1.89. The molecule has 0 aromatic heterocycles. The Morgan fingerprint density at radius 3 is 2.50 bits per heavy atom. The van der Waals surface area contributed by atoms with Gasteiger partial charge in [0, 0.05) is 5.56 Å². The minimum Gasteiger partial charge on any atom is -0.226 e. The minimum atomic E-state index is -1.50. The Morgan fingerprint density at radius 1 is 1.33 bits per heavy atom. The molecule has 0 amide bonds. The third-order valence-corrected chi connectivity index (χ3v) is 1.94. The lowest BCUT2D eigenvalue weighted by Gasteiger charge is -2.03. The van der Waals surface area contributed by atoms with E-state index < -0.39 is 6.17 Å². The van der Waals surface area contributed by atoms with Crippen LogP contribution in [0.3, 0.4) is 0 Å². The Bertz CT molecular complexity index is 325. The summed E-state index contributed by atoms with van der Waals surface area (Å²) >= 11 is 0. The smallest absolute Gasteiger partial charge is 0.211 e. The van der Waals surface area contributed by atoms with Crippen molar-refractivity contribution in [2.24, 2.45) is 0 Å².